The fourth-order valence-electron chi connectivity index (χ4n) is 6.35. The topological polar surface area (TPSA) is 78.3 Å². The summed E-state index contributed by atoms with van der Waals surface area (Å²) in [5.41, 5.74) is 3.24. The molecular weight excluding hydrogens is 452 g/mol. The molecule has 2 aliphatic carbocycles. The average molecular weight is 491 g/mol. The van der Waals surface area contributed by atoms with Crippen LogP contribution in [0.2, 0.25) is 0 Å². The summed E-state index contributed by atoms with van der Waals surface area (Å²) in [6.45, 7) is 6.02. The molecule has 2 atom stereocenters. The number of nitrogens with zero attached hydrogens (tertiary/aromatic N) is 3. The van der Waals surface area contributed by atoms with Crippen LogP contribution in [0.5, 0.6) is 5.75 Å². The Kier molecular flexibility index (Phi) is 7.56. The van der Waals surface area contributed by atoms with Gasteiger partial charge in [-0.1, -0.05) is 38.3 Å². The number of ether oxygens (including phenoxy) is 2. The Bertz CT molecular complexity index is 1180. The van der Waals surface area contributed by atoms with Crippen LogP contribution in [0.15, 0.2) is 36.5 Å². The van der Waals surface area contributed by atoms with E-state index in [0.717, 1.165) is 53.1 Å². The minimum atomic E-state index is -0.322. The zero-order chi connectivity index (χ0) is 25.1. The van der Waals surface area contributed by atoms with Crippen molar-refractivity contribution in [1.82, 2.24) is 20.1 Å². The summed E-state index contributed by atoms with van der Waals surface area (Å²) < 4.78 is 12.6. The van der Waals surface area contributed by atoms with Gasteiger partial charge in [0.05, 0.1) is 36.9 Å². The van der Waals surface area contributed by atoms with E-state index in [-0.39, 0.29) is 5.97 Å². The average Bonchev–Trinajstić information content (AvgIpc) is 3.22. The largest absolute Gasteiger partial charge is 0.497 e. The van der Waals surface area contributed by atoms with E-state index in [4.69, 9.17) is 14.6 Å². The van der Waals surface area contributed by atoms with Crippen molar-refractivity contribution in [2.75, 3.05) is 20.3 Å². The van der Waals surface area contributed by atoms with Gasteiger partial charge in [0.25, 0.3) is 0 Å². The van der Waals surface area contributed by atoms with Gasteiger partial charge >= 0.3 is 5.97 Å². The molecule has 3 aromatic rings. The summed E-state index contributed by atoms with van der Waals surface area (Å²) in [5, 5.41) is 9.59. The fraction of sp³-hybridized carbons (Fsp3) is 0.552. The van der Waals surface area contributed by atoms with Crippen molar-refractivity contribution in [2.24, 2.45) is 17.8 Å². The summed E-state index contributed by atoms with van der Waals surface area (Å²) >= 11 is 0. The van der Waals surface area contributed by atoms with E-state index >= 15 is 0 Å². The predicted molar refractivity (Wildman–Crippen MR) is 140 cm³/mol. The number of nitrogens with one attached hydrogen (secondary N) is 1. The maximum Gasteiger partial charge on any atom is 0.338 e. The molecule has 2 aliphatic rings. The predicted octanol–water partition coefficient (Wildman–Crippen LogP) is 5.01. The van der Waals surface area contributed by atoms with E-state index in [2.05, 4.69) is 17.2 Å². The van der Waals surface area contributed by atoms with Crippen molar-refractivity contribution in [1.29, 1.82) is 0 Å². The summed E-state index contributed by atoms with van der Waals surface area (Å²) in [6.07, 6.45) is 9.12. The van der Waals surface area contributed by atoms with Crippen LogP contribution in [-0.2, 0) is 17.7 Å². The van der Waals surface area contributed by atoms with Gasteiger partial charge in [0.2, 0.25) is 0 Å². The van der Waals surface area contributed by atoms with E-state index in [1.165, 1.54) is 32.1 Å². The van der Waals surface area contributed by atoms with Crippen molar-refractivity contribution >= 4 is 17.0 Å². The van der Waals surface area contributed by atoms with E-state index in [0.29, 0.717) is 30.4 Å². The van der Waals surface area contributed by atoms with Gasteiger partial charge in [-0.3, -0.25) is 0 Å². The van der Waals surface area contributed by atoms with Crippen molar-refractivity contribution in [3.63, 3.8) is 0 Å². The van der Waals surface area contributed by atoms with Crippen molar-refractivity contribution in [2.45, 2.75) is 65.0 Å². The SMILES string of the molecule is CCOC(=O)c1ccnc2c1c(CCNC1CC3CCCC(C1)C3C)nn2Cc1ccc(OC)cc1. The molecule has 0 amide bonds. The lowest BCUT2D eigenvalue weighted by Gasteiger charge is -2.44. The van der Waals surface area contributed by atoms with Crippen LogP contribution in [0.25, 0.3) is 11.0 Å². The first-order valence-electron chi connectivity index (χ1n) is 13.4. The second-order valence-electron chi connectivity index (χ2n) is 10.4. The van der Waals surface area contributed by atoms with Gasteiger partial charge in [0.1, 0.15) is 5.75 Å². The molecule has 7 nitrogen and oxygen atoms in total. The third kappa shape index (κ3) is 5.12. The second kappa shape index (κ2) is 11.0. The maximum absolute atomic E-state index is 12.8. The molecule has 5 rings (SSSR count). The number of hydrogen-bond donors (Lipinski definition) is 1. The Morgan fingerprint density at radius 1 is 1.14 bits per heavy atom. The first-order chi connectivity index (χ1) is 17.6. The molecule has 2 unspecified atom stereocenters. The standard InChI is InChI=1S/C29H38N4O3/c1-4-36-29(34)25-12-14-31-28-27(25)26(32-33(28)18-20-8-10-24(35-3)11-9-20)13-15-30-23-16-21-6-5-7-22(17-23)19(21)2/h8-12,14,19,21-23,30H,4-7,13,15-18H2,1-3H3. The number of hydrogen-bond acceptors (Lipinski definition) is 6. The molecule has 0 aliphatic heterocycles. The third-order valence-electron chi connectivity index (χ3n) is 8.30. The zero-order valence-electron chi connectivity index (χ0n) is 21.7. The third-order valence-corrected chi connectivity index (χ3v) is 8.30. The summed E-state index contributed by atoms with van der Waals surface area (Å²) in [7, 11) is 1.66. The molecule has 2 fully saturated rings. The number of aromatic nitrogens is 3. The molecule has 2 saturated carbocycles. The Hall–Kier alpha value is -2.93. The van der Waals surface area contributed by atoms with Crippen LogP contribution in [-0.4, -0.2) is 47.0 Å². The highest BCUT2D eigenvalue weighted by Crippen LogP contribution is 2.44. The van der Waals surface area contributed by atoms with Gasteiger partial charge in [0.15, 0.2) is 5.65 Å². The van der Waals surface area contributed by atoms with Gasteiger partial charge in [-0.15, -0.1) is 0 Å². The Morgan fingerprint density at radius 3 is 2.58 bits per heavy atom. The minimum absolute atomic E-state index is 0.322. The van der Waals surface area contributed by atoms with Gasteiger partial charge in [-0.25, -0.2) is 14.5 Å². The fourth-order valence-corrected chi connectivity index (χ4v) is 6.35. The monoisotopic (exact) mass is 490 g/mol. The molecule has 1 aromatic carbocycles. The highest BCUT2D eigenvalue weighted by atomic mass is 16.5. The zero-order valence-corrected chi connectivity index (χ0v) is 21.7. The summed E-state index contributed by atoms with van der Waals surface area (Å²) in [5.74, 6) is 3.09. The second-order valence-corrected chi connectivity index (χ2v) is 10.4. The minimum Gasteiger partial charge on any atom is -0.497 e. The van der Waals surface area contributed by atoms with Crippen LogP contribution in [0.4, 0.5) is 0 Å². The Labute approximate surface area is 213 Å². The highest BCUT2D eigenvalue weighted by molar-refractivity contribution is 6.03. The van der Waals surface area contributed by atoms with Crippen LogP contribution >= 0.6 is 0 Å². The van der Waals surface area contributed by atoms with Crippen LogP contribution in [0.1, 0.15) is 67.6 Å². The van der Waals surface area contributed by atoms with Gasteiger partial charge in [-0.2, -0.15) is 5.10 Å². The molecule has 7 heteroatoms. The molecule has 2 bridgehead atoms. The lowest BCUT2D eigenvalue weighted by atomic mass is 9.64. The molecular formula is C29H38N4O3. The lowest BCUT2D eigenvalue weighted by Crippen LogP contribution is -2.44. The number of rotatable bonds is 9. The number of methoxy groups -OCH3 is 1. The lowest BCUT2D eigenvalue weighted by molar-refractivity contribution is 0.0528. The van der Waals surface area contributed by atoms with E-state index in [9.17, 15) is 4.79 Å². The Balaban J connectivity index is 1.37. The first kappa shape index (κ1) is 24.8. The van der Waals surface area contributed by atoms with Crippen molar-refractivity contribution < 1.29 is 14.3 Å². The van der Waals surface area contributed by atoms with Crippen LogP contribution < -0.4 is 10.1 Å². The molecule has 2 heterocycles. The van der Waals surface area contributed by atoms with E-state index in [1.807, 2.05) is 35.9 Å². The molecule has 192 valence electrons. The van der Waals surface area contributed by atoms with Gasteiger partial charge in [0, 0.05) is 25.2 Å². The van der Waals surface area contributed by atoms with E-state index < -0.39 is 0 Å². The first-order valence-corrected chi connectivity index (χ1v) is 13.4. The number of fused-ring (bicyclic) bond motifs is 3. The maximum atomic E-state index is 12.8. The quantitative estimate of drug-likeness (QED) is 0.425. The molecule has 36 heavy (non-hydrogen) atoms. The summed E-state index contributed by atoms with van der Waals surface area (Å²) in [4.78, 5) is 17.4. The number of pyridine rings is 1. The number of carbonyl (C=O) groups is 1. The van der Waals surface area contributed by atoms with Crippen molar-refractivity contribution in [3.8, 4) is 5.75 Å². The van der Waals surface area contributed by atoms with Gasteiger partial charge < -0.3 is 14.8 Å². The molecule has 2 aromatic heterocycles. The summed E-state index contributed by atoms with van der Waals surface area (Å²) in [6, 6.07) is 10.3. The number of benzene rings is 1. The highest BCUT2D eigenvalue weighted by Gasteiger charge is 2.37. The molecule has 0 radical (unpaired) electrons. The molecule has 1 N–H and O–H groups in total. The van der Waals surface area contributed by atoms with E-state index in [1.54, 1.807) is 19.4 Å². The number of esters is 1. The van der Waals surface area contributed by atoms with Gasteiger partial charge in [-0.05, 0) is 61.3 Å². The number of carbonyl (C=O) groups excluding carboxylic acids is 1. The van der Waals surface area contributed by atoms with Crippen LogP contribution in [0, 0.1) is 17.8 Å². The Morgan fingerprint density at radius 2 is 1.89 bits per heavy atom. The molecule has 0 saturated heterocycles. The van der Waals surface area contributed by atoms with Crippen LogP contribution in [0.3, 0.4) is 0 Å². The normalized spacial score (nSPS) is 23.5. The smallest absolute Gasteiger partial charge is 0.338 e. The molecule has 0 spiro atoms. The van der Waals surface area contributed by atoms with Crippen molar-refractivity contribution in [3.05, 3.63) is 53.3 Å².